The Bertz CT molecular complexity index is 440. The van der Waals surface area contributed by atoms with E-state index in [1.165, 1.54) is 11.1 Å². The quantitative estimate of drug-likeness (QED) is 0.776. The van der Waals surface area contributed by atoms with E-state index in [2.05, 4.69) is 39.8 Å². The minimum Gasteiger partial charge on any atom is -0.330 e. The van der Waals surface area contributed by atoms with Gasteiger partial charge in [-0.25, -0.2) is 0 Å². The molecule has 0 saturated carbocycles. The third kappa shape index (κ3) is 5.45. The van der Waals surface area contributed by atoms with Crippen LogP contribution in [0.5, 0.6) is 0 Å². The Hall–Kier alpha value is -0.670. The van der Waals surface area contributed by atoms with Crippen molar-refractivity contribution >= 4 is 10.8 Å². The lowest BCUT2D eigenvalue weighted by Crippen LogP contribution is -2.23. The molecular formula is C16H27NOS. The van der Waals surface area contributed by atoms with E-state index in [9.17, 15) is 4.21 Å². The Balaban J connectivity index is 2.41. The van der Waals surface area contributed by atoms with E-state index in [0.29, 0.717) is 6.54 Å². The van der Waals surface area contributed by atoms with Gasteiger partial charge in [0.05, 0.1) is 10.8 Å². The summed E-state index contributed by atoms with van der Waals surface area (Å²) in [5.41, 5.74) is 8.39. The Labute approximate surface area is 120 Å². The van der Waals surface area contributed by atoms with E-state index in [-0.39, 0.29) is 5.41 Å². The monoisotopic (exact) mass is 281 g/mol. The summed E-state index contributed by atoms with van der Waals surface area (Å²) >= 11 is 0. The molecule has 2 N–H and O–H groups in total. The molecule has 0 radical (unpaired) electrons. The van der Waals surface area contributed by atoms with Crippen LogP contribution in [-0.2, 0) is 10.8 Å². The van der Waals surface area contributed by atoms with Crippen LogP contribution in [0.25, 0.3) is 0 Å². The second-order valence-electron chi connectivity index (χ2n) is 6.12. The zero-order chi connectivity index (χ0) is 14.5. The lowest BCUT2D eigenvalue weighted by atomic mass is 9.88. The SMILES string of the molecule is Cc1ccc(S(=O)CCCCC(C)(C)CN)cc1C. The summed E-state index contributed by atoms with van der Waals surface area (Å²) in [6.07, 6.45) is 3.21. The third-order valence-electron chi connectivity index (χ3n) is 3.73. The van der Waals surface area contributed by atoms with Gasteiger partial charge in [0.25, 0.3) is 0 Å². The van der Waals surface area contributed by atoms with Crippen molar-refractivity contribution in [3.05, 3.63) is 29.3 Å². The lowest BCUT2D eigenvalue weighted by Gasteiger charge is -2.21. The molecule has 0 aromatic heterocycles. The van der Waals surface area contributed by atoms with Crippen molar-refractivity contribution < 1.29 is 4.21 Å². The van der Waals surface area contributed by atoms with E-state index >= 15 is 0 Å². The molecule has 1 atom stereocenters. The molecule has 0 aliphatic heterocycles. The molecule has 3 heteroatoms. The Morgan fingerprint density at radius 3 is 2.42 bits per heavy atom. The van der Waals surface area contributed by atoms with Crippen LogP contribution in [0.3, 0.4) is 0 Å². The van der Waals surface area contributed by atoms with Gasteiger partial charge in [0.2, 0.25) is 0 Å². The van der Waals surface area contributed by atoms with Crippen LogP contribution < -0.4 is 5.73 Å². The summed E-state index contributed by atoms with van der Waals surface area (Å²) in [6.45, 7) is 9.24. The molecule has 0 saturated heterocycles. The van der Waals surface area contributed by atoms with Gasteiger partial charge in [-0.2, -0.15) is 0 Å². The first kappa shape index (κ1) is 16.4. The van der Waals surface area contributed by atoms with E-state index in [4.69, 9.17) is 5.73 Å². The molecule has 0 amide bonds. The number of hydrogen-bond acceptors (Lipinski definition) is 2. The van der Waals surface area contributed by atoms with Crippen LogP contribution in [0.1, 0.15) is 44.2 Å². The third-order valence-corrected chi connectivity index (χ3v) is 5.17. The average Bonchev–Trinajstić information content (AvgIpc) is 2.37. The minimum absolute atomic E-state index is 0.210. The van der Waals surface area contributed by atoms with Gasteiger partial charge in [0.15, 0.2) is 0 Å². The van der Waals surface area contributed by atoms with Gasteiger partial charge in [0.1, 0.15) is 0 Å². The fourth-order valence-corrected chi connectivity index (χ4v) is 3.14. The van der Waals surface area contributed by atoms with Crippen molar-refractivity contribution in [2.24, 2.45) is 11.1 Å². The van der Waals surface area contributed by atoms with Gasteiger partial charge in [-0.3, -0.25) is 4.21 Å². The highest BCUT2D eigenvalue weighted by molar-refractivity contribution is 7.85. The minimum atomic E-state index is -0.863. The fourth-order valence-electron chi connectivity index (χ4n) is 1.91. The van der Waals surface area contributed by atoms with Crippen LogP contribution in [0.4, 0.5) is 0 Å². The van der Waals surface area contributed by atoms with Crippen LogP contribution in [-0.4, -0.2) is 16.5 Å². The average molecular weight is 281 g/mol. The zero-order valence-electron chi connectivity index (χ0n) is 12.7. The second kappa shape index (κ2) is 7.20. The largest absolute Gasteiger partial charge is 0.330 e. The molecule has 0 fully saturated rings. The van der Waals surface area contributed by atoms with Gasteiger partial charge in [0, 0.05) is 10.6 Å². The molecule has 1 unspecified atom stereocenters. The maximum Gasteiger partial charge on any atom is 0.0529 e. The predicted molar refractivity (Wildman–Crippen MR) is 83.9 cm³/mol. The van der Waals surface area contributed by atoms with Gasteiger partial charge >= 0.3 is 0 Å². The van der Waals surface area contributed by atoms with Crippen LogP contribution >= 0.6 is 0 Å². The Morgan fingerprint density at radius 2 is 1.84 bits per heavy atom. The number of aryl methyl sites for hydroxylation is 2. The van der Waals surface area contributed by atoms with Gasteiger partial charge < -0.3 is 5.73 Å². The summed E-state index contributed by atoms with van der Waals surface area (Å²) < 4.78 is 12.2. The first-order valence-electron chi connectivity index (χ1n) is 7.01. The van der Waals surface area contributed by atoms with Gasteiger partial charge in [-0.05, 0) is 61.9 Å². The summed E-state index contributed by atoms with van der Waals surface area (Å²) in [4.78, 5) is 0.959. The summed E-state index contributed by atoms with van der Waals surface area (Å²) in [5, 5.41) is 0. The Kier molecular flexibility index (Phi) is 6.21. The number of rotatable bonds is 7. The highest BCUT2D eigenvalue weighted by Gasteiger charge is 2.14. The van der Waals surface area contributed by atoms with Gasteiger partial charge in [-0.1, -0.05) is 26.3 Å². The fraction of sp³-hybridized carbons (Fsp3) is 0.625. The summed E-state index contributed by atoms with van der Waals surface area (Å²) in [6, 6.07) is 6.09. The van der Waals surface area contributed by atoms with Crippen molar-refractivity contribution in [2.75, 3.05) is 12.3 Å². The maximum atomic E-state index is 12.2. The molecule has 0 aliphatic rings. The summed E-state index contributed by atoms with van der Waals surface area (Å²) in [5.74, 6) is 0.753. The smallest absolute Gasteiger partial charge is 0.0529 e. The summed E-state index contributed by atoms with van der Waals surface area (Å²) in [7, 11) is -0.863. The number of nitrogens with two attached hydrogens (primary N) is 1. The molecule has 108 valence electrons. The molecule has 2 nitrogen and oxygen atoms in total. The van der Waals surface area contributed by atoms with Crippen molar-refractivity contribution in [3.8, 4) is 0 Å². The normalized spacial score (nSPS) is 13.5. The highest BCUT2D eigenvalue weighted by Crippen LogP contribution is 2.22. The topological polar surface area (TPSA) is 43.1 Å². The molecular weight excluding hydrogens is 254 g/mol. The van der Waals surface area contributed by atoms with Crippen LogP contribution in [0.15, 0.2) is 23.1 Å². The van der Waals surface area contributed by atoms with Crippen molar-refractivity contribution in [3.63, 3.8) is 0 Å². The van der Waals surface area contributed by atoms with Crippen molar-refractivity contribution in [1.82, 2.24) is 0 Å². The van der Waals surface area contributed by atoms with Crippen LogP contribution in [0.2, 0.25) is 0 Å². The molecule has 0 bridgehead atoms. The highest BCUT2D eigenvalue weighted by atomic mass is 32.2. The van der Waals surface area contributed by atoms with E-state index < -0.39 is 10.8 Å². The molecule has 0 heterocycles. The van der Waals surface area contributed by atoms with Gasteiger partial charge in [-0.15, -0.1) is 0 Å². The first-order valence-corrected chi connectivity index (χ1v) is 8.33. The molecule has 1 rings (SSSR count). The first-order chi connectivity index (χ1) is 8.85. The zero-order valence-corrected chi connectivity index (χ0v) is 13.5. The molecule has 19 heavy (non-hydrogen) atoms. The van der Waals surface area contributed by atoms with E-state index in [1.54, 1.807) is 0 Å². The number of unbranched alkanes of at least 4 members (excludes halogenated alkanes) is 1. The standard InChI is InChI=1S/C16H27NOS/c1-13-7-8-15(11-14(13)2)19(18)10-6-5-9-16(3,4)12-17/h7-8,11H,5-6,9-10,12,17H2,1-4H3. The molecule has 1 aromatic carbocycles. The number of hydrogen-bond donors (Lipinski definition) is 1. The second-order valence-corrected chi connectivity index (χ2v) is 7.69. The molecule has 0 aliphatic carbocycles. The lowest BCUT2D eigenvalue weighted by molar-refractivity contribution is 0.336. The molecule has 1 aromatic rings. The predicted octanol–water partition coefficient (Wildman–Crippen LogP) is 3.57. The Morgan fingerprint density at radius 1 is 1.16 bits per heavy atom. The van der Waals surface area contributed by atoms with E-state index in [0.717, 1.165) is 29.9 Å². The van der Waals surface area contributed by atoms with E-state index in [1.807, 2.05) is 6.07 Å². The number of benzene rings is 1. The maximum absolute atomic E-state index is 12.2. The van der Waals surface area contributed by atoms with Crippen molar-refractivity contribution in [2.45, 2.75) is 51.9 Å². The molecule has 0 spiro atoms. The van der Waals surface area contributed by atoms with Crippen LogP contribution in [0, 0.1) is 19.3 Å². The van der Waals surface area contributed by atoms with Crippen molar-refractivity contribution in [1.29, 1.82) is 0 Å².